The number of benzene rings is 1. The molecule has 25 heavy (non-hydrogen) atoms. The van der Waals surface area contributed by atoms with E-state index in [-0.39, 0.29) is 31.0 Å². The van der Waals surface area contributed by atoms with Gasteiger partial charge in [-0.25, -0.2) is 9.48 Å². The molecule has 7 nitrogen and oxygen atoms in total. The van der Waals surface area contributed by atoms with Crippen LogP contribution in [-0.2, 0) is 17.9 Å². The molecule has 0 radical (unpaired) electrons. The molecule has 3 aromatic rings. The lowest BCUT2D eigenvalue weighted by Crippen LogP contribution is -2.27. The summed E-state index contributed by atoms with van der Waals surface area (Å²) < 4.78 is 16.7. The number of furan rings is 1. The third-order valence-electron chi connectivity index (χ3n) is 3.34. The van der Waals surface area contributed by atoms with Crippen LogP contribution in [0.3, 0.4) is 0 Å². The Morgan fingerprint density at radius 2 is 1.96 bits per heavy atom. The Bertz CT molecular complexity index is 872. The molecule has 0 aliphatic rings. The van der Waals surface area contributed by atoms with Crippen molar-refractivity contribution < 1.29 is 18.7 Å². The van der Waals surface area contributed by atoms with Crippen molar-refractivity contribution in [3.05, 3.63) is 82.7 Å². The molecule has 0 aliphatic heterocycles. The van der Waals surface area contributed by atoms with Gasteiger partial charge in [0.25, 0.3) is 5.56 Å². The van der Waals surface area contributed by atoms with Crippen molar-refractivity contribution in [2.24, 2.45) is 0 Å². The van der Waals surface area contributed by atoms with Crippen molar-refractivity contribution >= 4 is 5.97 Å². The molecule has 0 spiro atoms. The van der Waals surface area contributed by atoms with E-state index in [1.807, 2.05) is 30.3 Å². The smallest absolute Gasteiger partial charge is 0.359 e. The molecule has 1 aromatic carbocycles. The van der Waals surface area contributed by atoms with Gasteiger partial charge < -0.3 is 13.9 Å². The average molecular weight is 340 g/mol. The molecule has 0 amide bonds. The summed E-state index contributed by atoms with van der Waals surface area (Å²) >= 11 is 0. The van der Waals surface area contributed by atoms with Crippen molar-refractivity contribution in [3.8, 4) is 5.75 Å². The van der Waals surface area contributed by atoms with Crippen molar-refractivity contribution in [1.29, 1.82) is 0 Å². The van der Waals surface area contributed by atoms with Crippen LogP contribution in [0.2, 0.25) is 0 Å². The summed E-state index contributed by atoms with van der Waals surface area (Å²) in [5.74, 6) is 0.0881. The van der Waals surface area contributed by atoms with E-state index in [0.717, 1.165) is 5.56 Å². The number of rotatable bonds is 7. The van der Waals surface area contributed by atoms with Crippen LogP contribution in [0.25, 0.3) is 0 Å². The highest BCUT2D eigenvalue weighted by Crippen LogP contribution is 2.08. The van der Waals surface area contributed by atoms with Crippen molar-refractivity contribution in [3.63, 3.8) is 0 Å². The number of ether oxygens (including phenoxy) is 2. The van der Waals surface area contributed by atoms with E-state index in [1.54, 1.807) is 6.07 Å². The van der Waals surface area contributed by atoms with Gasteiger partial charge in [-0.3, -0.25) is 4.79 Å². The van der Waals surface area contributed by atoms with E-state index >= 15 is 0 Å². The van der Waals surface area contributed by atoms with Crippen LogP contribution in [0.4, 0.5) is 0 Å². The molecule has 0 fully saturated rings. The fourth-order valence-corrected chi connectivity index (χ4v) is 2.08. The molecule has 128 valence electrons. The van der Waals surface area contributed by atoms with Gasteiger partial charge in [-0.05, 0) is 24.3 Å². The molecule has 0 saturated carbocycles. The van der Waals surface area contributed by atoms with E-state index < -0.39 is 5.97 Å². The number of nitrogens with zero attached hydrogens (tertiary/aromatic N) is 2. The molecule has 2 heterocycles. The third kappa shape index (κ3) is 4.57. The summed E-state index contributed by atoms with van der Waals surface area (Å²) in [6.07, 6.45) is 2.98. The van der Waals surface area contributed by atoms with E-state index in [2.05, 4.69) is 5.10 Å². The van der Waals surface area contributed by atoms with E-state index in [1.165, 1.54) is 29.3 Å². The molecular formula is C18H16N2O5. The minimum atomic E-state index is -0.612. The Morgan fingerprint density at radius 3 is 2.72 bits per heavy atom. The van der Waals surface area contributed by atoms with Crippen LogP contribution in [0.15, 0.2) is 70.3 Å². The van der Waals surface area contributed by atoms with Crippen molar-refractivity contribution in [2.75, 3.05) is 6.61 Å². The van der Waals surface area contributed by atoms with Gasteiger partial charge in [-0.15, -0.1) is 0 Å². The van der Waals surface area contributed by atoms with Gasteiger partial charge in [0.15, 0.2) is 5.69 Å². The Hall–Kier alpha value is -3.35. The lowest BCUT2D eigenvalue weighted by molar-refractivity contribution is 0.0461. The van der Waals surface area contributed by atoms with E-state index in [9.17, 15) is 9.59 Å². The molecule has 0 atom stereocenters. The average Bonchev–Trinajstić information content (AvgIpc) is 3.16. The van der Waals surface area contributed by atoms with Gasteiger partial charge in [0.1, 0.15) is 19.0 Å². The topological polar surface area (TPSA) is 83.6 Å². The zero-order chi connectivity index (χ0) is 17.5. The minimum Gasteiger partial charge on any atom is -0.492 e. The standard InChI is InChI=1S/C18H16N2O5/c21-17-7-6-16(18(22)25-13-14-8-10-23-12-14)19-20(17)9-11-24-15-4-2-1-3-5-15/h1-8,10,12H,9,11,13H2. The molecule has 3 rings (SSSR count). The van der Waals surface area contributed by atoms with Crippen LogP contribution in [0.5, 0.6) is 5.75 Å². The molecule has 0 bridgehead atoms. The fraction of sp³-hybridized carbons (Fsp3) is 0.167. The summed E-state index contributed by atoms with van der Waals surface area (Å²) in [7, 11) is 0. The summed E-state index contributed by atoms with van der Waals surface area (Å²) in [5, 5.41) is 4.03. The number of hydrogen-bond donors (Lipinski definition) is 0. The Kier molecular flexibility index (Phi) is 5.26. The predicted molar refractivity (Wildman–Crippen MR) is 88.3 cm³/mol. The first-order valence-electron chi connectivity index (χ1n) is 7.66. The van der Waals surface area contributed by atoms with Gasteiger partial charge in [0.05, 0.1) is 19.1 Å². The number of hydrogen-bond acceptors (Lipinski definition) is 6. The van der Waals surface area contributed by atoms with Crippen LogP contribution >= 0.6 is 0 Å². The second-order valence-corrected chi connectivity index (χ2v) is 5.15. The number of esters is 1. The Labute approximate surface area is 143 Å². The molecule has 0 N–H and O–H groups in total. The monoisotopic (exact) mass is 340 g/mol. The summed E-state index contributed by atoms with van der Waals surface area (Å²) in [6, 6.07) is 13.6. The maximum absolute atomic E-state index is 12.0. The number of aromatic nitrogens is 2. The zero-order valence-electron chi connectivity index (χ0n) is 13.3. The summed E-state index contributed by atoms with van der Waals surface area (Å²) in [4.78, 5) is 23.9. The maximum Gasteiger partial charge on any atom is 0.359 e. The Morgan fingerprint density at radius 1 is 1.12 bits per heavy atom. The van der Waals surface area contributed by atoms with E-state index in [0.29, 0.717) is 5.75 Å². The first-order valence-corrected chi connectivity index (χ1v) is 7.66. The first-order chi connectivity index (χ1) is 12.2. The third-order valence-corrected chi connectivity index (χ3v) is 3.34. The van der Waals surface area contributed by atoms with Crippen LogP contribution < -0.4 is 10.3 Å². The first kappa shape index (κ1) is 16.5. The van der Waals surface area contributed by atoms with Crippen LogP contribution in [0.1, 0.15) is 16.1 Å². The highest BCUT2D eigenvalue weighted by molar-refractivity contribution is 5.86. The SMILES string of the molecule is O=C(OCc1ccoc1)c1ccc(=O)n(CCOc2ccccc2)n1. The van der Waals surface area contributed by atoms with Crippen LogP contribution in [-0.4, -0.2) is 22.4 Å². The summed E-state index contributed by atoms with van der Waals surface area (Å²) in [5.41, 5.74) is 0.476. The molecule has 0 unspecified atom stereocenters. The van der Waals surface area contributed by atoms with Crippen molar-refractivity contribution in [1.82, 2.24) is 9.78 Å². The normalized spacial score (nSPS) is 10.4. The highest BCUT2D eigenvalue weighted by atomic mass is 16.5. The quantitative estimate of drug-likeness (QED) is 0.614. The van der Waals surface area contributed by atoms with E-state index in [4.69, 9.17) is 13.9 Å². The molecular weight excluding hydrogens is 324 g/mol. The lowest BCUT2D eigenvalue weighted by atomic mass is 10.3. The maximum atomic E-state index is 12.0. The zero-order valence-corrected chi connectivity index (χ0v) is 13.3. The lowest BCUT2D eigenvalue weighted by Gasteiger charge is -2.08. The van der Waals surface area contributed by atoms with Gasteiger partial charge in [-0.2, -0.15) is 5.10 Å². The number of para-hydroxylation sites is 1. The highest BCUT2D eigenvalue weighted by Gasteiger charge is 2.12. The predicted octanol–water partition coefficient (Wildman–Crippen LogP) is 2.27. The second-order valence-electron chi connectivity index (χ2n) is 5.15. The largest absolute Gasteiger partial charge is 0.492 e. The number of carbonyl (C=O) groups excluding carboxylic acids is 1. The van der Waals surface area contributed by atoms with Gasteiger partial charge in [0, 0.05) is 11.6 Å². The molecule has 0 aliphatic carbocycles. The molecule has 0 saturated heterocycles. The second kappa shape index (κ2) is 7.96. The molecule has 2 aromatic heterocycles. The Balaban J connectivity index is 1.59. The van der Waals surface area contributed by atoms with Gasteiger partial charge in [0.2, 0.25) is 0 Å². The fourth-order valence-electron chi connectivity index (χ4n) is 2.08. The van der Waals surface area contributed by atoms with Gasteiger partial charge >= 0.3 is 5.97 Å². The van der Waals surface area contributed by atoms with Gasteiger partial charge in [-0.1, -0.05) is 18.2 Å². The van der Waals surface area contributed by atoms with Crippen molar-refractivity contribution in [2.45, 2.75) is 13.2 Å². The molecule has 7 heteroatoms. The van der Waals surface area contributed by atoms with Crippen LogP contribution in [0, 0.1) is 0 Å². The number of carbonyl (C=O) groups is 1. The minimum absolute atomic E-state index is 0.0582. The summed E-state index contributed by atoms with van der Waals surface area (Å²) in [6.45, 7) is 0.550.